The van der Waals surface area contributed by atoms with Crippen molar-refractivity contribution in [1.29, 1.82) is 0 Å². The molecular weight excluding hydrogens is 222 g/mol. The van der Waals surface area contributed by atoms with Crippen LogP contribution < -0.4 is 0 Å². The Kier molecular flexibility index (Phi) is 3.40. The lowest BCUT2D eigenvalue weighted by Gasteiger charge is -2.31. The van der Waals surface area contributed by atoms with E-state index in [1.54, 1.807) is 0 Å². The van der Waals surface area contributed by atoms with Crippen LogP contribution in [0.5, 0.6) is 0 Å². The second kappa shape index (κ2) is 4.81. The summed E-state index contributed by atoms with van der Waals surface area (Å²) in [4.78, 5) is 10.4. The third kappa shape index (κ3) is 2.81. The monoisotopic (exact) mass is 237 g/mol. The van der Waals surface area contributed by atoms with Crippen molar-refractivity contribution in [3.63, 3.8) is 0 Å². The van der Waals surface area contributed by atoms with Gasteiger partial charge in [-0.15, -0.1) is 0 Å². The van der Waals surface area contributed by atoms with Crippen molar-refractivity contribution in [3.8, 4) is 0 Å². The molecule has 0 aliphatic carbocycles. The zero-order valence-electron chi connectivity index (χ0n) is 9.67. The summed E-state index contributed by atoms with van der Waals surface area (Å²) in [7, 11) is 0. The van der Waals surface area contributed by atoms with Crippen LogP contribution in [0.25, 0.3) is 0 Å². The van der Waals surface area contributed by atoms with E-state index in [0.29, 0.717) is 6.42 Å². The second-order valence-corrected chi connectivity index (χ2v) is 4.50. The number of nitrogens with zero attached hydrogens (tertiary/aromatic N) is 1. The molecule has 0 radical (unpaired) electrons. The molecule has 1 aromatic carbocycles. The Morgan fingerprint density at radius 2 is 1.94 bits per heavy atom. The molecule has 1 aliphatic rings. The molecule has 0 N–H and O–H groups in total. The van der Waals surface area contributed by atoms with Gasteiger partial charge in [0.15, 0.2) is 6.29 Å². The maximum Gasteiger partial charge on any atom is 0.265 e. The molecule has 0 saturated carbocycles. The number of ether oxygens (including phenoxy) is 2. The molecule has 0 amide bonds. The third-order valence-corrected chi connectivity index (χ3v) is 2.85. The van der Waals surface area contributed by atoms with E-state index in [9.17, 15) is 10.1 Å². The predicted molar refractivity (Wildman–Crippen MR) is 61.2 cm³/mol. The van der Waals surface area contributed by atoms with E-state index in [-0.39, 0.29) is 24.4 Å². The van der Waals surface area contributed by atoms with Gasteiger partial charge in [-0.3, -0.25) is 10.1 Å². The topological polar surface area (TPSA) is 61.6 Å². The van der Waals surface area contributed by atoms with Gasteiger partial charge in [-0.25, -0.2) is 0 Å². The fraction of sp³-hybridized carbons (Fsp3) is 0.500. The normalized spacial score (nSPS) is 28.9. The Balaban J connectivity index is 1.90. The summed E-state index contributed by atoms with van der Waals surface area (Å²) in [6.07, 6.45) is 0.236. The molecule has 0 bridgehead atoms. The number of hydrogen-bond donors (Lipinski definition) is 0. The zero-order valence-corrected chi connectivity index (χ0v) is 9.67. The van der Waals surface area contributed by atoms with Crippen molar-refractivity contribution in [2.45, 2.75) is 25.2 Å². The smallest absolute Gasteiger partial charge is 0.265 e. The maximum absolute atomic E-state index is 10.8. The van der Waals surface area contributed by atoms with Crippen molar-refractivity contribution in [2.75, 3.05) is 13.2 Å². The molecule has 2 rings (SSSR count). The Hall–Kier alpha value is -1.46. The lowest BCUT2D eigenvalue weighted by Crippen LogP contribution is -2.51. The molecule has 1 fully saturated rings. The highest BCUT2D eigenvalue weighted by Gasteiger charge is 2.43. The van der Waals surface area contributed by atoms with Crippen LogP contribution in [0.4, 0.5) is 0 Å². The van der Waals surface area contributed by atoms with Gasteiger partial charge in [0.2, 0.25) is 0 Å². The van der Waals surface area contributed by atoms with E-state index in [1.807, 2.05) is 30.3 Å². The van der Waals surface area contributed by atoms with Gasteiger partial charge in [0.05, 0.1) is 0 Å². The molecule has 5 nitrogen and oxygen atoms in total. The molecule has 0 atom stereocenters. The third-order valence-electron chi connectivity index (χ3n) is 2.85. The van der Waals surface area contributed by atoms with E-state index in [2.05, 4.69) is 0 Å². The van der Waals surface area contributed by atoms with Crippen LogP contribution in [-0.2, 0) is 15.9 Å². The maximum atomic E-state index is 10.8. The predicted octanol–water partition coefficient (Wildman–Crippen LogP) is 1.64. The molecule has 1 heterocycles. The standard InChI is InChI=1S/C12H15NO4/c1-12(13(14)15)8-16-11(17-9-12)7-10-5-3-2-4-6-10/h2-6,11H,7-9H2,1H3. The summed E-state index contributed by atoms with van der Waals surface area (Å²) in [6.45, 7) is 1.72. The van der Waals surface area contributed by atoms with Gasteiger partial charge >= 0.3 is 0 Å². The Bertz CT molecular complexity index is 385. The van der Waals surface area contributed by atoms with Crippen molar-refractivity contribution < 1.29 is 14.4 Å². The lowest BCUT2D eigenvalue weighted by molar-refractivity contribution is -0.586. The summed E-state index contributed by atoms with van der Waals surface area (Å²) in [5, 5.41) is 10.8. The summed E-state index contributed by atoms with van der Waals surface area (Å²) in [5.41, 5.74) is -0.0186. The fourth-order valence-electron chi connectivity index (χ4n) is 1.66. The minimum atomic E-state index is -1.12. The highest BCUT2D eigenvalue weighted by atomic mass is 16.7. The Morgan fingerprint density at radius 1 is 1.35 bits per heavy atom. The number of hydrogen-bond acceptors (Lipinski definition) is 4. The average Bonchev–Trinajstić information content (AvgIpc) is 2.33. The van der Waals surface area contributed by atoms with Crippen LogP contribution in [0.3, 0.4) is 0 Å². The Labute approximate surface area is 99.5 Å². The van der Waals surface area contributed by atoms with Gasteiger partial charge in [0.1, 0.15) is 13.2 Å². The zero-order chi connectivity index (χ0) is 12.3. The van der Waals surface area contributed by atoms with Crippen LogP contribution >= 0.6 is 0 Å². The summed E-state index contributed by atoms with van der Waals surface area (Å²) < 4.78 is 10.8. The molecule has 17 heavy (non-hydrogen) atoms. The van der Waals surface area contributed by atoms with Crippen LogP contribution in [-0.4, -0.2) is 30.0 Å². The number of benzene rings is 1. The molecule has 92 valence electrons. The van der Waals surface area contributed by atoms with Gasteiger partial charge in [-0.05, 0) is 5.56 Å². The first-order valence-corrected chi connectivity index (χ1v) is 5.52. The van der Waals surface area contributed by atoms with Crippen molar-refractivity contribution in [1.82, 2.24) is 0 Å². The van der Waals surface area contributed by atoms with Crippen molar-refractivity contribution >= 4 is 0 Å². The molecule has 1 aromatic rings. The van der Waals surface area contributed by atoms with Gasteiger partial charge < -0.3 is 9.47 Å². The van der Waals surface area contributed by atoms with Gasteiger partial charge in [0.25, 0.3) is 5.54 Å². The first-order chi connectivity index (χ1) is 8.10. The number of rotatable bonds is 3. The molecule has 0 aromatic heterocycles. The van der Waals surface area contributed by atoms with Crippen molar-refractivity contribution in [2.24, 2.45) is 0 Å². The van der Waals surface area contributed by atoms with Gasteiger partial charge in [-0.1, -0.05) is 30.3 Å². The van der Waals surface area contributed by atoms with E-state index in [4.69, 9.17) is 9.47 Å². The minimum Gasteiger partial charge on any atom is -0.345 e. The average molecular weight is 237 g/mol. The summed E-state index contributed by atoms with van der Waals surface area (Å²) in [6, 6.07) is 9.79. The SMILES string of the molecule is CC1([N+](=O)[O-])COC(Cc2ccccc2)OC1. The van der Waals surface area contributed by atoms with Gasteiger partial charge in [0, 0.05) is 18.3 Å². The summed E-state index contributed by atoms with van der Waals surface area (Å²) >= 11 is 0. The van der Waals surface area contributed by atoms with E-state index in [0.717, 1.165) is 5.56 Å². The molecule has 5 heteroatoms. The largest absolute Gasteiger partial charge is 0.345 e. The highest BCUT2D eigenvalue weighted by molar-refractivity contribution is 5.15. The van der Waals surface area contributed by atoms with Crippen LogP contribution in [0.1, 0.15) is 12.5 Å². The van der Waals surface area contributed by atoms with E-state index < -0.39 is 5.54 Å². The van der Waals surface area contributed by atoms with Gasteiger partial charge in [-0.2, -0.15) is 0 Å². The van der Waals surface area contributed by atoms with Crippen LogP contribution in [0.2, 0.25) is 0 Å². The Morgan fingerprint density at radius 3 is 2.47 bits per heavy atom. The minimum absolute atomic E-state index is 0.0947. The molecule has 0 spiro atoms. The lowest BCUT2D eigenvalue weighted by atomic mass is 10.1. The van der Waals surface area contributed by atoms with Crippen molar-refractivity contribution in [3.05, 3.63) is 46.0 Å². The second-order valence-electron chi connectivity index (χ2n) is 4.50. The fourth-order valence-corrected chi connectivity index (χ4v) is 1.66. The van der Waals surface area contributed by atoms with E-state index >= 15 is 0 Å². The molecule has 0 unspecified atom stereocenters. The molecule has 1 aliphatic heterocycles. The van der Waals surface area contributed by atoms with Crippen LogP contribution in [0, 0.1) is 10.1 Å². The highest BCUT2D eigenvalue weighted by Crippen LogP contribution is 2.20. The first kappa shape index (κ1) is 12.0. The number of nitro groups is 1. The quantitative estimate of drug-likeness (QED) is 0.592. The molecule has 1 saturated heterocycles. The van der Waals surface area contributed by atoms with E-state index in [1.165, 1.54) is 6.92 Å². The summed E-state index contributed by atoms with van der Waals surface area (Å²) in [5.74, 6) is 0. The molecular formula is C12H15NO4. The van der Waals surface area contributed by atoms with Crippen LogP contribution in [0.15, 0.2) is 30.3 Å². The first-order valence-electron chi connectivity index (χ1n) is 5.52.